The van der Waals surface area contributed by atoms with E-state index in [0.29, 0.717) is 23.5 Å². The molecule has 0 fully saturated rings. The summed E-state index contributed by atoms with van der Waals surface area (Å²) < 4.78 is 0. The Morgan fingerprint density at radius 3 is 2.46 bits per heavy atom. The van der Waals surface area contributed by atoms with Crippen molar-refractivity contribution in [1.82, 2.24) is 4.98 Å². The highest BCUT2D eigenvalue weighted by Gasteiger charge is 2.03. The Balaban J connectivity index is 1.62. The van der Waals surface area contributed by atoms with E-state index in [1.54, 1.807) is 18.3 Å². The molecule has 132 valence electrons. The molecule has 7 nitrogen and oxygen atoms in total. The van der Waals surface area contributed by atoms with E-state index >= 15 is 0 Å². The van der Waals surface area contributed by atoms with Crippen molar-refractivity contribution >= 4 is 17.2 Å². The Bertz CT molecular complexity index is 868. The van der Waals surface area contributed by atoms with Gasteiger partial charge in [0.15, 0.2) is 0 Å². The second-order valence-electron chi connectivity index (χ2n) is 5.52. The molecule has 0 radical (unpaired) electrons. The molecule has 1 heterocycles. The highest BCUT2D eigenvalue weighted by molar-refractivity contribution is 5.47. The number of nitrogens with zero attached hydrogens (tertiary/aromatic N) is 3. The third-order valence-electron chi connectivity index (χ3n) is 3.64. The van der Waals surface area contributed by atoms with Crippen molar-refractivity contribution in [2.45, 2.75) is 13.2 Å². The van der Waals surface area contributed by atoms with Gasteiger partial charge in [0.1, 0.15) is 18.2 Å². The second kappa shape index (κ2) is 8.70. The quantitative estimate of drug-likeness (QED) is 0.323. The molecular weight excluding hydrogens is 332 g/mol. The van der Waals surface area contributed by atoms with Gasteiger partial charge in [-0.3, -0.25) is 5.26 Å². The molecule has 3 rings (SSSR count). The standard InChI is InChI=1S/C19H18N4O3/c24-18-9-8-17(11-15(18)13-26-25)23-22-16-6-4-14(5-7-16)12-21-19-3-1-2-10-20-19/h1-11,24-25H,12-13H2,(H,20,21). The van der Waals surface area contributed by atoms with Crippen LogP contribution >= 0.6 is 0 Å². The molecular formula is C19H18N4O3. The predicted octanol–water partition coefficient (Wildman–Crippen LogP) is 4.80. The van der Waals surface area contributed by atoms with Gasteiger partial charge in [-0.15, -0.1) is 0 Å². The zero-order chi connectivity index (χ0) is 18.2. The number of phenols is 1. The van der Waals surface area contributed by atoms with Crippen LogP contribution in [-0.2, 0) is 18.0 Å². The minimum Gasteiger partial charge on any atom is -0.508 e. The fourth-order valence-electron chi connectivity index (χ4n) is 2.28. The lowest BCUT2D eigenvalue weighted by molar-refractivity contribution is -0.253. The predicted molar refractivity (Wildman–Crippen MR) is 97.7 cm³/mol. The third-order valence-corrected chi connectivity index (χ3v) is 3.64. The number of azo groups is 1. The third kappa shape index (κ3) is 4.85. The molecule has 1 aromatic heterocycles. The van der Waals surface area contributed by atoms with Gasteiger partial charge in [-0.25, -0.2) is 9.87 Å². The summed E-state index contributed by atoms with van der Waals surface area (Å²) in [5.74, 6) is 0.856. The van der Waals surface area contributed by atoms with E-state index in [-0.39, 0.29) is 12.4 Å². The fraction of sp³-hybridized carbons (Fsp3) is 0.105. The molecule has 0 aliphatic heterocycles. The normalized spacial score (nSPS) is 11.0. The van der Waals surface area contributed by atoms with Crippen LogP contribution in [0.2, 0.25) is 0 Å². The Labute approximate surface area is 150 Å². The van der Waals surface area contributed by atoms with Gasteiger partial charge >= 0.3 is 0 Å². The maximum atomic E-state index is 9.64. The van der Waals surface area contributed by atoms with Gasteiger partial charge in [0.05, 0.1) is 11.4 Å². The van der Waals surface area contributed by atoms with Crippen molar-refractivity contribution in [3.63, 3.8) is 0 Å². The highest BCUT2D eigenvalue weighted by atomic mass is 17.1. The minimum absolute atomic E-state index is 0.0303. The Hall–Kier alpha value is -3.29. The van der Waals surface area contributed by atoms with Crippen LogP contribution < -0.4 is 5.32 Å². The molecule has 0 unspecified atom stereocenters. The Kier molecular flexibility index (Phi) is 5.87. The van der Waals surface area contributed by atoms with Crippen molar-refractivity contribution in [1.29, 1.82) is 0 Å². The van der Waals surface area contributed by atoms with Crippen LogP contribution in [0.4, 0.5) is 17.2 Å². The van der Waals surface area contributed by atoms with Gasteiger partial charge in [-0.2, -0.15) is 10.2 Å². The van der Waals surface area contributed by atoms with Crippen LogP contribution in [0.15, 0.2) is 77.1 Å². The van der Waals surface area contributed by atoms with Crippen molar-refractivity contribution in [3.8, 4) is 5.75 Å². The van der Waals surface area contributed by atoms with Crippen molar-refractivity contribution < 1.29 is 15.3 Å². The van der Waals surface area contributed by atoms with Crippen molar-refractivity contribution in [3.05, 3.63) is 78.0 Å². The lowest BCUT2D eigenvalue weighted by Gasteiger charge is -2.05. The number of anilines is 1. The molecule has 3 N–H and O–H groups in total. The summed E-state index contributed by atoms with van der Waals surface area (Å²) in [6.45, 7) is 0.546. The lowest BCUT2D eigenvalue weighted by Crippen LogP contribution is -2.00. The van der Waals surface area contributed by atoms with E-state index in [4.69, 9.17) is 5.26 Å². The summed E-state index contributed by atoms with van der Waals surface area (Å²) in [6, 6.07) is 18.1. The second-order valence-corrected chi connectivity index (χ2v) is 5.52. The number of rotatable bonds is 7. The first kappa shape index (κ1) is 17.5. The van der Waals surface area contributed by atoms with Crippen LogP contribution in [0.1, 0.15) is 11.1 Å². The summed E-state index contributed by atoms with van der Waals surface area (Å²) in [5.41, 5.74) is 2.79. The SMILES string of the molecule is OOCc1cc(N=Nc2ccc(CNc3ccccn3)cc2)ccc1O. The van der Waals surface area contributed by atoms with E-state index in [9.17, 15) is 5.11 Å². The zero-order valence-electron chi connectivity index (χ0n) is 13.9. The van der Waals surface area contributed by atoms with Crippen LogP contribution in [0.25, 0.3) is 0 Å². The molecule has 26 heavy (non-hydrogen) atoms. The van der Waals surface area contributed by atoms with Crippen molar-refractivity contribution in [2.75, 3.05) is 5.32 Å². The molecule has 2 aromatic carbocycles. The molecule has 0 aliphatic rings. The number of pyridine rings is 1. The first-order chi connectivity index (χ1) is 12.7. The van der Waals surface area contributed by atoms with Crippen LogP contribution in [-0.4, -0.2) is 15.3 Å². The molecule has 0 bridgehead atoms. The summed E-state index contributed by atoms with van der Waals surface area (Å²) in [6.07, 6.45) is 1.74. The summed E-state index contributed by atoms with van der Waals surface area (Å²) in [7, 11) is 0. The summed E-state index contributed by atoms with van der Waals surface area (Å²) in [4.78, 5) is 8.27. The highest BCUT2D eigenvalue weighted by Crippen LogP contribution is 2.25. The number of phenolic OH excluding ortho intramolecular Hbond substituents is 1. The number of nitrogens with one attached hydrogen (secondary N) is 1. The van der Waals surface area contributed by atoms with Gasteiger partial charge in [0.2, 0.25) is 0 Å². The van der Waals surface area contributed by atoms with Crippen LogP contribution in [0.5, 0.6) is 5.75 Å². The van der Waals surface area contributed by atoms with Crippen LogP contribution in [0, 0.1) is 0 Å². The first-order valence-corrected chi connectivity index (χ1v) is 7.98. The Morgan fingerprint density at radius 1 is 0.962 bits per heavy atom. The Morgan fingerprint density at radius 2 is 1.73 bits per heavy atom. The molecule has 0 spiro atoms. The summed E-state index contributed by atoms with van der Waals surface area (Å²) in [5, 5.41) is 29.7. The zero-order valence-corrected chi connectivity index (χ0v) is 13.9. The van der Waals surface area contributed by atoms with Gasteiger partial charge in [0.25, 0.3) is 0 Å². The number of aromatic nitrogens is 1. The molecule has 3 aromatic rings. The van der Waals surface area contributed by atoms with Crippen LogP contribution in [0.3, 0.4) is 0 Å². The maximum Gasteiger partial charge on any atom is 0.126 e. The van der Waals surface area contributed by atoms with E-state index in [1.807, 2.05) is 42.5 Å². The monoisotopic (exact) mass is 350 g/mol. The van der Waals surface area contributed by atoms with Gasteiger partial charge in [0, 0.05) is 18.3 Å². The average Bonchev–Trinajstić information content (AvgIpc) is 2.69. The molecule has 0 amide bonds. The number of benzene rings is 2. The average molecular weight is 350 g/mol. The van der Waals surface area contributed by atoms with E-state index in [2.05, 4.69) is 25.4 Å². The smallest absolute Gasteiger partial charge is 0.126 e. The van der Waals surface area contributed by atoms with E-state index < -0.39 is 0 Å². The molecule has 7 heteroatoms. The maximum absolute atomic E-state index is 9.64. The fourth-order valence-corrected chi connectivity index (χ4v) is 2.28. The number of hydrogen-bond acceptors (Lipinski definition) is 7. The van der Waals surface area contributed by atoms with E-state index in [1.165, 1.54) is 6.07 Å². The molecule has 0 atom stereocenters. The number of aromatic hydroxyl groups is 1. The molecule has 0 aliphatic carbocycles. The largest absolute Gasteiger partial charge is 0.508 e. The van der Waals surface area contributed by atoms with Crippen molar-refractivity contribution in [2.24, 2.45) is 10.2 Å². The van der Waals surface area contributed by atoms with Gasteiger partial charge in [-0.05, 0) is 48.0 Å². The first-order valence-electron chi connectivity index (χ1n) is 7.98. The molecule has 0 saturated carbocycles. The topological polar surface area (TPSA) is 99.3 Å². The van der Waals surface area contributed by atoms with Gasteiger partial charge in [-0.1, -0.05) is 18.2 Å². The van der Waals surface area contributed by atoms with Gasteiger partial charge < -0.3 is 10.4 Å². The van der Waals surface area contributed by atoms with E-state index in [0.717, 1.165) is 11.4 Å². The molecule has 0 saturated heterocycles. The minimum atomic E-state index is -0.118. The number of hydrogen-bond donors (Lipinski definition) is 3. The lowest BCUT2D eigenvalue weighted by atomic mass is 10.2. The summed E-state index contributed by atoms with van der Waals surface area (Å²) >= 11 is 0.